The highest BCUT2D eigenvalue weighted by Gasteiger charge is 2.23. The minimum absolute atomic E-state index is 0.636. The lowest BCUT2D eigenvalue weighted by molar-refractivity contribution is 0.341. The van der Waals surface area contributed by atoms with Gasteiger partial charge in [0, 0.05) is 23.9 Å². The van der Waals surface area contributed by atoms with Crippen molar-refractivity contribution in [1.29, 1.82) is 0 Å². The topological polar surface area (TPSA) is 62.0 Å². The van der Waals surface area contributed by atoms with Gasteiger partial charge in [0.15, 0.2) is 17.3 Å². The van der Waals surface area contributed by atoms with Gasteiger partial charge in [-0.05, 0) is 56.0 Å². The Labute approximate surface area is 193 Å². The van der Waals surface area contributed by atoms with E-state index in [1.165, 1.54) is 16.8 Å². The highest BCUT2D eigenvalue weighted by molar-refractivity contribution is 5.77. The first-order valence-electron chi connectivity index (χ1n) is 11.5. The smallest absolute Gasteiger partial charge is 0.161 e. The molecule has 0 bridgehead atoms. The lowest BCUT2D eigenvalue weighted by atomic mass is 10.0. The highest BCUT2D eigenvalue weighted by Crippen LogP contribution is 2.37. The van der Waals surface area contributed by atoms with Gasteiger partial charge in [-0.1, -0.05) is 18.2 Å². The number of para-hydroxylation sites is 2. The van der Waals surface area contributed by atoms with Crippen molar-refractivity contribution < 1.29 is 14.2 Å². The molecule has 1 aliphatic heterocycles. The summed E-state index contributed by atoms with van der Waals surface area (Å²) in [6, 6.07) is 14.2. The van der Waals surface area contributed by atoms with Crippen LogP contribution in [0.4, 0.5) is 5.69 Å². The van der Waals surface area contributed by atoms with Gasteiger partial charge in [0.2, 0.25) is 0 Å². The number of nitrogens with one attached hydrogen (secondary N) is 1. The van der Waals surface area contributed by atoms with Crippen LogP contribution in [-0.2, 0) is 19.5 Å². The SMILES string of the molecule is CCOc1ccccc1NCc1nn2cc(-c3ccc(OC)c(OC)c3)c3c2n1CCCC3. The van der Waals surface area contributed by atoms with Gasteiger partial charge in [0.05, 0.1) is 33.1 Å². The second-order valence-electron chi connectivity index (χ2n) is 8.17. The number of anilines is 1. The molecular formula is C26H30N4O3. The molecule has 2 aromatic heterocycles. The van der Waals surface area contributed by atoms with Gasteiger partial charge in [0.1, 0.15) is 11.4 Å². The van der Waals surface area contributed by atoms with Crippen LogP contribution >= 0.6 is 0 Å². The molecule has 0 radical (unpaired) electrons. The monoisotopic (exact) mass is 446 g/mol. The molecule has 7 nitrogen and oxygen atoms in total. The maximum atomic E-state index is 5.76. The Hall–Kier alpha value is -3.61. The van der Waals surface area contributed by atoms with Crippen LogP contribution in [0.15, 0.2) is 48.7 Å². The van der Waals surface area contributed by atoms with Crippen LogP contribution in [0.25, 0.3) is 16.8 Å². The fourth-order valence-electron chi connectivity index (χ4n) is 4.69. The normalized spacial score (nSPS) is 13.1. The summed E-state index contributed by atoms with van der Waals surface area (Å²) in [6.45, 7) is 4.24. The molecule has 0 fully saturated rings. The molecule has 0 aliphatic carbocycles. The van der Waals surface area contributed by atoms with Crippen molar-refractivity contribution in [2.75, 3.05) is 26.1 Å². The number of hydrogen-bond donors (Lipinski definition) is 1. The molecule has 7 heteroatoms. The van der Waals surface area contributed by atoms with Gasteiger partial charge in [0.25, 0.3) is 0 Å². The summed E-state index contributed by atoms with van der Waals surface area (Å²) in [5.41, 5.74) is 5.84. The molecule has 172 valence electrons. The molecule has 1 N–H and O–H groups in total. The zero-order chi connectivity index (χ0) is 22.8. The lowest BCUT2D eigenvalue weighted by Crippen LogP contribution is -2.09. The number of aryl methyl sites for hydroxylation is 2. The summed E-state index contributed by atoms with van der Waals surface area (Å²) in [6.07, 6.45) is 5.47. The molecule has 5 rings (SSSR count). The Balaban J connectivity index is 1.50. The first-order chi connectivity index (χ1) is 16.2. The van der Waals surface area contributed by atoms with E-state index in [-0.39, 0.29) is 0 Å². The molecule has 0 spiro atoms. The van der Waals surface area contributed by atoms with Crippen molar-refractivity contribution in [3.05, 3.63) is 60.0 Å². The van der Waals surface area contributed by atoms with Crippen LogP contribution in [0, 0.1) is 0 Å². The van der Waals surface area contributed by atoms with E-state index < -0.39 is 0 Å². The zero-order valence-corrected chi connectivity index (χ0v) is 19.4. The predicted molar refractivity (Wildman–Crippen MR) is 130 cm³/mol. The van der Waals surface area contributed by atoms with Crippen LogP contribution in [-0.4, -0.2) is 35.0 Å². The second-order valence-corrected chi connectivity index (χ2v) is 8.17. The Morgan fingerprint density at radius 2 is 1.85 bits per heavy atom. The molecule has 2 aromatic carbocycles. The third-order valence-electron chi connectivity index (χ3n) is 6.23. The minimum Gasteiger partial charge on any atom is -0.493 e. The largest absolute Gasteiger partial charge is 0.493 e. The number of rotatable bonds is 8. The van der Waals surface area contributed by atoms with Gasteiger partial charge >= 0.3 is 0 Å². The molecule has 1 aliphatic rings. The lowest BCUT2D eigenvalue weighted by Gasteiger charge is -2.13. The summed E-state index contributed by atoms with van der Waals surface area (Å²) in [5.74, 6) is 3.36. The van der Waals surface area contributed by atoms with E-state index in [2.05, 4.69) is 22.1 Å². The molecule has 0 unspecified atom stereocenters. The summed E-state index contributed by atoms with van der Waals surface area (Å²) < 4.78 is 21.1. The average Bonchev–Trinajstić information content (AvgIpc) is 3.26. The maximum Gasteiger partial charge on any atom is 0.161 e. The van der Waals surface area contributed by atoms with Gasteiger partial charge in [-0.3, -0.25) is 0 Å². The molecule has 3 heterocycles. The number of ether oxygens (including phenoxy) is 3. The summed E-state index contributed by atoms with van der Waals surface area (Å²) in [4.78, 5) is 0. The number of hydrogen-bond acceptors (Lipinski definition) is 5. The van der Waals surface area contributed by atoms with Crippen LogP contribution in [0.3, 0.4) is 0 Å². The third kappa shape index (κ3) is 3.88. The molecule has 4 aromatic rings. The summed E-state index contributed by atoms with van der Waals surface area (Å²) in [5, 5.41) is 8.49. The molecule has 0 saturated heterocycles. The second kappa shape index (κ2) is 9.10. The minimum atomic E-state index is 0.636. The molecule has 0 amide bonds. The number of benzene rings is 2. The Kier molecular flexibility index (Phi) is 5.86. The number of aromatic nitrogens is 3. The van der Waals surface area contributed by atoms with Crippen molar-refractivity contribution in [2.45, 2.75) is 39.3 Å². The average molecular weight is 447 g/mol. The predicted octanol–water partition coefficient (Wildman–Crippen LogP) is 5.17. The first-order valence-corrected chi connectivity index (χ1v) is 11.5. The van der Waals surface area contributed by atoms with Crippen LogP contribution in [0.1, 0.15) is 31.2 Å². The Bertz CT molecular complexity index is 1270. The standard InChI is InChI=1S/C26H30N4O3/c1-4-33-22-11-6-5-10-21(22)27-16-25-28-30-17-20(19-9-7-8-14-29(25)26(19)30)18-12-13-23(31-2)24(15-18)32-3/h5-6,10-13,15,17,27H,4,7-9,14,16H2,1-3H3. The van der Waals surface area contributed by atoms with Gasteiger partial charge in [-0.2, -0.15) is 5.10 Å². The van der Waals surface area contributed by atoms with E-state index in [1.54, 1.807) is 14.2 Å². The van der Waals surface area contributed by atoms with E-state index in [9.17, 15) is 0 Å². The Morgan fingerprint density at radius 1 is 1.00 bits per heavy atom. The van der Waals surface area contributed by atoms with Crippen LogP contribution in [0.5, 0.6) is 17.2 Å². The molecule has 33 heavy (non-hydrogen) atoms. The van der Waals surface area contributed by atoms with E-state index in [0.717, 1.165) is 60.1 Å². The molecule has 0 atom stereocenters. The number of methoxy groups -OCH3 is 2. The van der Waals surface area contributed by atoms with Crippen molar-refractivity contribution in [3.8, 4) is 28.4 Å². The zero-order valence-electron chi connectivity index (χ0n) is 19.4. The highest BCUT2D eigenvalue weighted by atomic mass is 16.5. The van der Waals surface area contributed by atoms with E-state index in [0.29, 0.717) is 13.2 Å². The molecule has 0 saturated carbocycles. The maximum absolute atomic E-state index is 5.76. The quantitative estimate of drug-likeness (QED) is 0.405. The van der Waals surface area contributed by atoms with E-state index in [1.807, 2.05) is 47.8 Å². The number of nitrogens with zero attached hydrogens (tertiary/aromatic N) is 3. The first kappa shape index (κ1) is 21.2. The Morgan fingerprint density at radius 3 is 2.67 bits per heavy atom. The van der Waals surface area contributed by atoms with Crippen molar-refractivity contribution >= 4 is 11.3 Å². The van der Waals surface area contributed by atoms with E-state index >= 15 is 0 Å². The summed E-state index contributed by atoms with van der Waals surface area (Å²) in [7, 11) is 3.33. The van der Waals surface area contributed by atoms with Crippen molar-refractivity contribution in [1.82, 2.24) is 14.2 Å². The van der Waals surface area contributed by atoms with Crippen molar-refractivity contribution in [2.24, 2.45) is 0 Å². The van der Waals surface area contributed by atoms with E-state index in [4.69, 9.17) is 19.3 Å². The van der Waals surface area contributed by atoms with Gasteiger partial charge < -0.3 is 24.1 Å². The third-order valence-corrected chi connectivity index (χ3v) is 6.23. The van der Waals surface area contributed by atoms with Crippen LogP contribution in [0.2, 0.25) is 0 Å². The molecular weight excluding hydrogens is 416 g/mol. The van der Waals surface area contributed by atoms with Crippen molar-refractivity contribution in [3.63, 3.8) is 0 Å². The summed E-state index contributed by atoms with van der Waals surface area (Å²) >= 11 is 0. The van der Waals surface area contributed by atoms with Crippen LogP contribution < -0.4 is 19.5 Å². The fourth-order valence-corrected chi connectivity index (χ4v) is 4.69. The van der Waals surface area contributed by atoms with Gasteiger partial charge in [-0.15, -0.1) is 0 Å². The fraction of sp³-hybridized carbons (Fsp3) is 0.346. The van der Waals surface area contributed by atoms with Gasteiger partial charge in [-0.25, -0.2) is 4.52 Å².